The van der Waals surface area contributed by atoms with Crippen LogP contribution in [0.2, 0.25) is 0 Å². The minimum Gasteiger partial charge on any atom is -0.472 e. The molecular formula is C15H14N2O3S. The molecule has 3 aromatic rings. The molecule has 0 aromatic carbocycles. The van der Waals surface area contributed by atoms with E-state index in [-0.39, 0.29) is 11.7 Å². The van der Waals surface area contributed by atoms with E-state index in [4.69, 9.17) is 8.94 Å². The first-order valence-corrected chi connectivity index (χ1v) is 7.44. The maximum Gasteiger partial charge on any atom is 0.292 e. The SMILES string of the molecule is O=C(c1ccno1)N(CCc1cccs1)Cc1ccoc1. The van der Waals surface area contributed by atoms with Crippen molar-refractivity contribution in [2.75, 3.05) is 6.54 Å². The van der Waals surface area contributed by atoms with Crippen molar-refractivity contribution in [3.63, 3.8) is 0 Å². The van der Waals surface area contributed by atoms with Gasteiger partial charge in [0.15, 0.2) is 0 Å². The van der Waals surface area contributed by atoms with Gasteiger partial charge in [0.25, 0.3) is 5.91 Å². The van der Waals surface area contributed by atoms with Gasteiger partial charge < -0.3 is 13.8 Å². The summed E-state index contributed by atoms with van der Waals surface area (Å²) in [6, 6.07) is 7.51. The first-order valence-electron chi connectivity index (χ1n) is 6.56. The number of thiophene rings is 1. The predicted molar refractivity (Wildman–Crippen MR) is 78.0 cm³/mol. The number of rotatable bonds is 6. The first kappa shape index (κ1) is 13.6. The van der Waals surface area contributed by atoms with Gasteiger partial charge in [0.1, 0.15) is 0 Å². The number of hydrogen-bond donors (Lipinski definition) is 0. The smallest absolute Gasteiger partial charge is 0.292 e. The van der Waals surface area contributed by atoms with Crippen molar-refractivity contribution in [1.82, 2.24) is 10.1 Å². The van der Waals surface area contributed by atoms with Crippen LogP contribution in [-0.2, 0) is 13.0 Å². The lowest BCUT2D eigenvalue weighted by atomic mass is 10.2. The maximum atomic E-state index is 12.5. The van der Waals surface area contributed by atoms with Crippen molar-refractivity contribution < 1.29 is 13.7 Å². The van der Waals surface area contributed by atoms with Crippen LogP contribution in [0, 0.1) is 0 Å². The second-order valence-corrected chi connectivity index (χ2v) is 5.60. The first-order chi connectivity index (χ1) is 10.3. The van der Waals surface area contributed by atoms with Crippen LogP contribution in [0.25, 0.3) is 0 Å². The number of aromatic nitrogens is 1. The molecule has 0 fully saturated rings. The Morgan fingerprint density at radius 2 is 2.29 bits per heavy atom. The Labute approximate surface area is 125 Å². The lowest BCUT2D eigenvalue weighted by molar-refractivity contribution is 0.0703. The van der Waals surface area contributed by atoms with Gasteiger partial charge in [0, 0.05) is 29.6 Å². The molecule has 6 heteroatoms. The molecule has 0 radical (unpaired) electrons. The number of carbonyl (C=O) groups excluding carboxylic acids is 1. The average molecular weight is 302 g/mol. The molecule has 0 unspecified atom stereocenters. The number of carbonyl (C=O) groups is 1. The molecule has 3 heterocycles. The molecule has 3 aromatic heterocycles. The number of hydrogen-bond acceptors (Lipinski definition) is 5. The fraction of sp³-hybridized carbons (Fsp3) is 0.200. The highest BCUT2D eigenvalue weighted by atomic mass is 32.1. The summed E-state index contributed by atoms with van der Waals surface area (Å²) < 4.78 is 10.0. The van der Waals surface area contributed by atoms with Crippen molar-refractivity contribution in [2.45, 2.75) is 13.0 Å². The van der Waals surface area contributed by atoms with Gasteiger partial charge >= 0.3 is 0 Å². The van der Waals surface area contributed by atoms with Crippen molar-refractivity contribution in [2.24, 2.45) is 0 Å². The summed E-state index contributed by atoms with van der Waals surface area (Å²) in [6.45, 7) is 1.10. The van der Waals surface area contributed by atoms with Crippen LogP contribution in [0.5, 0.6) is 0 Å². The molecule has 0 saturated carbocycles. The second-order valence-electron chi connectivity index (χ2n) is 4.56. The standard InChI is InChI=1S/C15H14N2O3S/c18-15(14-3-6-16-20-14)17(10-12-5-8-19-11-12)7-4-13-2-1-9-21-13/h1-3,5-6,8-9,11H,4,7,10H2. The van der Waals surface area contributed by atoms with Crippen LogP contribution in [0.15, 0.2) is 57.3 Å². The molecule has 5 nitrogen and oxygen atoms in total. The van der Waals surface area contributed by atoms with E-state index in [1.165, 1.54) is 11.1 Å². The van der Waals surface area contributed by atoms with Crippen LogP contribution in [0.1, 0.15) is 21.0 Å². The molecule has 21 heavy (non-hydrogen) atoms. The largest absolute Gasteiger partial charge is 0.472 e. The summed E-state index contributed by atoms with van der Waals surface area (Å²) >= 11 is 1.69. The van der Waals surface area contributed by atoms with E-state index in [9.17, 15) is 4.79 Å². The number of amides is 1. The predicted octanol–water partition coefficient (Wildman–Crippen LogP) is 3.21. The van der Waals surface area contributed by atoms with Crippen molar-refractivity contribution >= 4 is 17.2 Å². The Morgan fingerprint density at radius 1 is 1.33 bits per heavy atom. The molecule has 0 aliphatic rings. The summed E-state index contributed by atoms with van der Waals surface area (Å²) in [5, 5.41) is 5.63. The van der Waals surface area contributed by atoms with E-state index in [1.54, 1.807) is 34.8 Å². The Bertz CT molecular complexity index is 660. The van der Waals surface area contributed by atoms with Gasteiger partial charge in [-0.2, -0.15) is 0 Å². The summed E-state index contributed by atoms with van der Waals surface area (Å²) in [7, 11) is 0. The highest BCUT2D eigenvalue weighted by Crippen LogP contribution is 2.14. The van der Waals surface area contributed by atoms with Gasteiger partial charge in [-0.15, -0.1) is 11.3 Å². The molecule has 1 amide bonds. The fourth-order valence-corrected chi connectivity index (χ4v) is 2.74. The molecule has 0 atom stereocenters. The zero-order valence-electron chi connectivity index (χ0n) is 11.3. The zero-order valence-corrected chi connectivity index (χ0v) is 12.1. The highest BCUT2D eigenvalue weighted by Gasteiger charge is 2.19. The van der Waals surface area contributed by atoms with Gasteiger partial charge in [-0.3, -0.25) is 4.79 Å². The Hall–Kier alpha value is -2.34. The van der Waals surface area contributed by atoms with Gasteiger partial charge in [-0.25, -0.2) is 0 Å². The summed E-state index contributed by atoms with van der Waals surface area (Å²) in [5.41, 5.74) is 0.953. The fourth-order valence-electron chi connectivity index (χ4n) is 2.04. The topological polar surface area (TPSA) is 59.5 Å². The Kier molecular flexibility index (Phi) is 4.16. The molecule has 0 aliphatic heterocycles. The number of nitrogens with zero attached hydrogens (tertiary/aromatic N) is 2. The number of furan rings is 1. The molecule has 0 spiro atoms. The lowest BCUT2D eigenvalue weighted by Crippen LogP contribution is -2.32. The highest BCUT2D eigenvalue weighted by molar-refractivity contribution is 7.09. The van der Waals surface area contributed by atoms with E-state index in [0.717, 1.165) is 12.0 Å². The third kappa shape index (κ3) is 3.41. The van der Waals surface area contributed by atoms with E-state index in [2.05, 4.69) is 11.2 Å². The van der Waals surface area contributed by atoms with E-state index in [1.807, 2.05) is 17.5 Å². The van der Waals surface area contributed by atoms with Gasteiger partial charge in [0.05, 0.1) is 18.7 Å². The average Bonchev–Trinajstić information content (AvgIpc) is 3.26. The maximum absolute atomic E-state index is 12.5. The minimum absolute atomic E-state index is 0.162. The van der Waals surface area contributed by atoms with Crippen LogP contribution in [0.4, 0.5) is 0 Å². The molecule has 0 aliphatic carbocycles. The molecule has 0 bridgehead atoms. The monoisotopic (exact) mass is 302 g/mol. The summed E-state index contributed by atoms with van der Waals surface area (Å²) in [4.78, 5) is 15.4. The molecule has 3 rings (SSSR count). The Balaban J connectivity index is 1.72. The van der Waals surface area contributed by atoms with Crippen LogP contribution in [-0.4, -0.2) is 22.5 Å². The normalized spacial score (nSPS) is 10.7. The molecule has 108 valence electrons. The third-order valence-electron chi connectivity index (χ3n) is 3.10. The van der Waals surface area contributed by atoms with Crippen molar-refractivity contribution in [3.8, 4) is 0 Å². The summed E-state index contributed by atoms with van der Waals surface area (Å²) in [5.74, 6) is 0.0925. The quantitative estimate of drug-likeness (QED) is 0.701. The zero-order chi connectivity index (χ0) is 14.5. The third-order valence-corrected chi connectivity index (χ3v) is 4.03. The van der Waals surface area contributed by atoms with E-state index < -0.39 is 0 Å². The molecule has 0 saturated heterocycles. The van der Waals surface area contributed by atoms with E-state index in [0.29, 0.717) is 13.1 Å². The van der Waals surface area contributed by atoms with E-state index >= 15 is 0 Å². The molecule has 0 N–H and O–H groups in total. The minimum atomic E-state index is -0.162. The van der Waals surface area contributed by atoms with Crippen LogP contribution < -0.4 is 0 Å². The lowest BCUT2D eigenvalue weighted by Gasteiger charge is -2.20. The van der Waals surface area contributed by atoms with Gasteiger partial charge in [-0.05, 0) is 23.9 Å². The Morgan fingerprint density at radius 3 is 2.95 bits per heavy atom. The van der Waals surface area contributed by atoms with Crippen molar-refractivity contribution in [1.29, 1.82) is 0 Å². The second kappa shape index (κ2) is 6.41. The van der Waals surface area contributed by atoms with Gasteiger partial charge in [0.2, 0.25) is 5.76 Å². The van der Waals surface area contributed by atoms with Gasteiger partial charge in [-0.1, -0.05) is 11.2 Å². The molecular weight excluding hydrogens is 288 g/mol. The van der Waals surface area contributed by atoms with Crippen LogP contribution in [0.3, 0.4) is 0 Å². The summed E-state index contributed by atoms with van der Waals surface area (Å²) in [6.07, 6.45) is 5.54. The van der Waals surface area contributed by atoms with Crippen molar-refractivity contribution in [3.05, 3.63) is 64.6 Å². The van der Waals surface area contributed by atoms with Crippen LogP contribution >= 0.6 is 11.3 Å².